The molecule has 0 spiro atoms. The number of guanidine groups is 1. The maximum atomic E-state index is 12.8. The molecule has 0 bridgehead atoms. The normalized spacial score (nSPS) is 20.2. The SMILES string of the molecule is CN=C(NCC(=O)Nc1ccc(F)cc1)NC1CCC(SC)C1.I. The van der Waals surface area contributed by atoms with Gasteiger partial charge in [-0.3, -0.25) is 9.79 Å². The zero-order valence-electron chi connectivity index (χ0n) is 13.8. The summed E-state index contributed by atoms with van der Waals surface area (Å²) in [5.41, 5.74) is 0.569. The molecule has 1 saturated carbocycles. The fourth-order valence-electron chi connectivity index (χ4n) is 2.58. The Labute approximate surface area is 163 Å². The molecular formula is C16H24FIN4OS. The smallest absolute Gasteiger partial charge is 0.243 e. The highest BCUT2D eigenvalue weighted by Gasteiger charge is 2.24. The number of hydrogen-bond donors (Lipinski definition) is 3. The molecule has 134 valence electrons. The average molecular weight is 466 g/mol. The summed E-state index contributed by atoms with van der Waals surface area (Å²) in [4.78, 5) is 16.1. The van der Waals surface area contributed by atoms with Crippen LogP contribution in [0, 0.1) is 5.82 Å². The Morgan fingerprint density at radius 2 is 2.04 bits per heavy atom. The van der Waals surface area contributed by atoms with Crippen molar-refractivity contribution in [2.75, 3.05) is 25.2 Å². The molecule has 8 heteroatoms. The summed E-state index contributed by atoms with van der Waals surface area (Å²) >= 11 is 1.90. The average Bonchev–Trinajstić information content (AvgIpc) is 3.01. The number of rotatable bonds is 5. The molecule has 1 aliphatic rings. The molecule has 1 fully saturated rings. The van der Waals surface area contributed by atoms with Gasteiger partial charge in [-0.15, -0.1) is 24.0 Å². The van der Waals surface area contributed by atoms with E-state index in [2.05, 4.69) is 27.2 Å². The van der Waals surface area contributed by atoms with Crippen molar-refractivity contribution in [3.8, 4) is 0 Å². The predicted octanol–water partition coefficient (Wildman–Crippen LogP) is 2.83. The highest BCUT2D eigenvalue weighted by atomic mass is 127. The van der Waals surface area contributed by atoms with E-state index in [-0.39, 0.29) is 42.2 Å². The van der Waals surface area contributed by atoms with Gasteiger partial charge in [-0.1, -0.05) is 0 Å². The number of nitrogens with zero attached hydrogens (tertiary/aromatic N) is 1. The van der Waals surface area contributed by atoms with Crippen LogP contribution in [0.3, 0.4) is 0 Å². The van der Waals surface area contributed by atoms with Crippen molar-refractivity contribution in [1.29, 1.82) is 0 Å². The molecule has 2 unspecified atom stereocenters. The quantitative estimate of drug-likeness (QED) is 0.355. The Hall–Kier alpha value is -1.03. The molecular weight excluding hydrogens is 442 g/mol. The molecule has 0 saturated heterocycles. The van der Waals surface area contributed by atoms with Crippen LogP contribution in [-0.4, -0.2) is 43.0 Å². The summed E-state index contributed by atoms with van der Waals surface area (Å²) in [5, 5.41) is 9.76. The van der Waals surface area contributed by atoms with Crippen molar-refractivity contribution in [3.05, 3.63) is 30.1 Å². The van der Waals surface area contributed by atoms with Crippen molar-refractivity contribution in [2.24, 2.45) is 4.99 Å². The number of benzene rings is 1. The lowest BCUT2D eigenvalue weighted by atomic mass is 10.2. The van der Waals surface area contributed by atoms with Crippen LogP contribution in [0.1, 0.15) is 19.3 Å². The van der Waals surface area contributed by atoms with Gasteiger partial charge in [0.15, 0.2) is 5.96 Å². The molecule has 1 aromatic rings. The molecule has 1 aromatic carbocycles. The highest BCUT2D eigenvalue weighted by molar-refractivity contribution is 14.0. The first-order valence-electron chi connectivity index (χ1n) is 7.66. The molecule has 0 heterocycles. The lowest BCUT2D eigenvalue weighted by Gasteiger charge is -2.17. The zero-order valence-corrected chi connectivity index (χ0v) is 17.0. The molecule has 5 nitrogen and oxygen atoms in total. The van der Waals surface area contributed by atoms with Crippen LogP contribution in [0.4, 0.5) is 10.1 Å². The number of hydrogen-bond acceptors (Lipinski definition) is 3. The number of halogens is 2. The van der Waals surface area contributed by atoms with E-state index in [9.17, 15) is 9.18 Å². The van der Waals surface area contributed by atoms with Gasteiger partial charge in [0, 0.05) is 24.0 Å². The minimum Gasteiger partial charge on any atom is -0.354 e. The largest absolute Gasteiger partial charge is 0.354 e. The maximum Gasteiger partial charge on any atom is 0.243 e. The van der Waals surface area contributed by atoms with E-state index in [1.807, 2.05) is 11.8 Å². The third-order valence-electron chi connectivity index (χ3n) is 3.83. The number of carbonyl (C=O) groups excluding carboxylic acids is 1. The number of amides is 1. The van der Waals surface area contributed by atoms with E-state index in [0.717, 1.165) is 12.8 Å². The van der Waals surface area contributed by atoms with Crippen LogP contribution in [0.25, 0.3) is 0 Å². The van der Waals surface area contributed by atoms with Gasteiger partial charge >= 0.3 is 0 Å². The van der Waals surface area contributed by atoms with E-state index in [4.69, 9.17) is 0 Å². The van der Waals surface area contributed by atoms with Crippen molar-refractivity contribution < 1.29 is 9.18 Å². The monoisotopic (exact) mass is 466 g/mol. The molecule has 24 heavy (non-hydrogen) atoms. The summed E-state index contributed by atoms with van der Waals surface area (Å²) in [6.07, 6.45) is 5.58. The highest BCUT2D eigenvalue weighted by Crippen LogP contribution is 2.27. The molecule has 0 aromatic heterocycles. The van der Waals surface area contributed by atoms with E-state index < -0.39 is 0 Å². The minimum absolute atomic E-state index is 0. The summed E-state index contributed by atoms with van der Waals surface area (Å²) in [7, 11) is 1.69. The van der Waals surface area contributed by atoms with E-state index >= 15 is 0 Å². The van der Waals surface area contributed by atoms with Crippen LogP contribution in [0.15, 0.2) is 29.3 Å². The fourth-order valence-corrected chi connectivity index (χ4v) is 3.37. The maximum absolute atomic E-state index is 12.8. The molecule has 1 aliphatic carbocycles. The van der Waals surface area contributed by atoms with Crippen LogP contribution in [0.2, 0.25) is 0 Å². The van der Waals surface area contributed by atoms with Gasteiger partial charge in [0.2, 0.25) is 5.91 Å². The van der Waals surface area contributed by atoms with Crippen LogP contribution in [-0.2, 0) is 4.79 Å². The van der Waals surface area contributed by atoms with Gasteiger partial charge < -0.3 is 16.0 Å². The Kier molecular flexibility index (Phi) is 9.42. The van der Waals surface area contributed by atoms with Crippen molar-refractivity contribution >= 4 is 53.3 Å². The second kappa shape index (κ2) is 10.8. The first-order valence-corrected chi connectivity index (χ1v) is 8.95. The topological polar surface area (TPSA) is 65.5 Å². The number of nitrogens with one attached hydrogen (secondary N) is 3. The van der Waals surface area contributed by atoms with Gasteiger partial charge in [-0.25, -0.2) is 4.39 Å². The third-order valence-corrected chi connectivity index (χ3v) is 4.92. The fraction of sp³-hybridized carbons (Fsp3) is 0.500. The Morgan fingerprint density at radius 1 is 1.33 bits per heavy atom. The second-order valence-electron chi connectivity index (χ2n) is 5.49. The Balaban J connectivity index is 0.00000288. The standard InChI is InChI=1S/C16H23FN4OS.HI/c1-18-16(21-13-7-8-14(9-13)23-2)19-10-15(22)20-12-5-3-11(17)4-6-12;/h3-6,13-14H,7-10H2,1-2H3,(H,20,22)(H2,18,19,21);1H. The molecule has 1 amide bonds. The van der Waals surface area contributed by atoms with Crippen LogP contribution >= 0.6 is 35.7 Å². The molecule has 0 radical (unpaired) electrons. The van der Waals surface area contributed by atoms with E-state index in [1.165, 1.54) is 30.7 Å². The van der Waals surface area contributed by atoms with Gasteiger partial charge in [0.25, 0.3) is 0 Å². The van der Waals surface area contributed by atoms with Gasteiger partial charge in [0.05, 0.1) is 6.54 Å². The lowest BCUT2D eigenvalue weighted by Crippen LogP contribution is -2.45. The van der Waals surface area contributed by atoms with E-state index in [0.29, 0.717) is 22.9 Å². The zero-order chi connectivity index (χ0) is 16.7. The molecule has 3 N–H and O–H groups in total. The Morgan fingerprint density at radius 3 is 2.62 bits per heavy atom. The predicted molar refractivity (Wildman–Crippen MR) is 110 cm³/mol. The van der Waals surface area contributed by atoms with Crippen LogP contribution < -0.4 is 16.0 Å². The summed E-state index contributed by atoms with van der Waals surface area (Å²) in [6, 6.07) is 6.08. The second-order valence-corrected chi connectivity index (χ2v) is 6.63. The minimum atomic E-state index is -0.328. The van der Waals surface area contributed by atoms with Crippen molar-refractivity contribution in [1.82, 2.24) is 10.6 Å². The number of thioether (sulfide) groups is 1. The third kappa shape index (κ3) is 6.84. The van der Waals surface area contributed by atoms with Gasteiger partial charge in [0.1, 0.15) is 5.82 Å². The first kappa shape index (κ1) is 21.0. The molecule has 2 atom stereocenters. The van der Waals surface area contributed by atoms with Gasteiger partial charge in [-0.05, 0) is 49.8 Å². The van der Waals surface area contributed by atoms with Crippen LogP contribution in [0.5, 0.6) is 0 Å². The molecule has 0 aliphatic heterocycles. The summed E-state index contributed by atoms with van der Waals surface area (Å²) < 4.78 is 12.8. The Bertz CT molecular complexity index is 556. The number of carbonyl (C=O) groups is 1. The van der Waals surface area contributed by atoms with Gasteiger partial charge in [-0.2, -0.15) is 11.8 Å². The van der Waals surface area contributed by atoms with Crippen molar-refractivity contribution in [2.45, 2.75) is 30.6 Å². The van der Waals surface area contributed by atoms with Crippen molar-refractivity contribution in [3.63, 3.8) is 0 Å². The summed E-state index contributed by atoms with van der Waals surface area (Å²) in [5.74, 6) is 0.102. The number of anilines is 1. The lowest BCUT2D eigenvalue weighted by molar-refractivity contribution is -0.115. The number of aliphatic imine (C=N–C) groups is 1. The first-order chi connectivity index (χ1) is 11.1. The molecule has 2 rings (SSSR count). The summed E-state index contributed by atoms with van der Waals surface area (Å²) in [6.45, 7) is 0.107. The van der Waals surface area contributed by atoms with E-state index in [1.54, 1.807) is 7.05 Å².